The van der Waals surface area contributed by atoms with Crippen LogP contribution in [0.1, 0.15) is 98.4 Å². The van der Waals surface area contributed by atoms with Gasteiger partial charge < -0.3 is 69.2 Å². The number of fused-ring (bicyclic) bond motifs is 1. The SMILES string of the molecule is CO[C@]1(C)C[C@H](O[C@H]2[C@H](C)[C@@H](O[C@@H]3O[C@H](C)C[C@H](N(C)C)[C@H]3O)[C@](C)(O)C[C@@H](C)C(=O)[C@H](C)[C@@H](O)[C@](C)(O)[C@@H](CCNC(=O)c3ccc4[nH]ccc4c3)OC(=O)[C@@H]2C)O[C@@H](C)[C@@H]1O. The fourth-order valence-corrected chi connectivity index (χ4v) is 9.88. The van der Waals surface area contributed by atoms with Gasteiger partial charge in [-0.25, -0.2) is 0 Å². The number of hydrogen-bond donors (Lipinski definition) is 7. The van der Waals surface area contributed by atoms with Crippen molar-refractivity contribution in [2.75, 3.05) is 27.7 Å². The summed E-state index contributed by atoms with van der Waals surface area (Å²) >= 11 is 0. The fraction of sp³-hybridized carbons (Fsp3) is 0.761. The largest absolute Gasteiger partial charge is 0.459 e. The second-order valence-corrected chi connectivity index (χ2v) is 19.4. The highest BCUT2D eigenvalue weighted by Gasteiger charge is 2.53. The zero-order chi connectivity index (χ0) is 46.9. The summed E-state index contributed by atoms with van der Waals surface area (Å²) in [5.74, 6) is -6.00. The molecule has 5 rings (SSSR count). The molecular weight excluding hydrogens is 819 g/mol. The van der Waals surface area contributed by atoms with Crippen molar-refractivity contribution in [3.63, 3.8) is 0 Å². The van der Waals surface area contributed by atoms with Crippen LogP contribution < -0.4 is 5.32 Å². The van der Waals surface area contributed by atoms with E-state index < -0.39 is 113 Å². The van der Waals surface area contributed by atoms with Gasteiger partial charge in [-0.1, -0.05) is 20.8 Å². The minimum atomic E-state index is -2.22. The lowest BCUT2D eigenvalue weighted by Crippen LogP contribution is -2.61. The number of carbonyl (C=O) groups is 3. The van der Waals surface area contributed by atoms with Gasteiger partial charge in [-0.05, 0) is 92.7 Å². The first kappa shape index (κ1) is 50.9. The maximum atomic E-state index is 14.6. The number of esters is 1. The predicted octanol–water partition coefficient (Wildman–Crippen LogP) is 2.68. The number of carbonyl (C=O) groups excluding carboxylic acids is 3. The first-order valence-electron chi connectivity index (χ1n) is 22.2. The van der Waals surface area contributed by atoms with Crippen molar-refractivity contribution in [3.8, 4) is 0 Å². The van der Waals surface area contributed by atoms with Gasteiger partial charge >= 0.3 is 5.97 Å². The summed E-state index contributed by atoms with van der Waals surface area (Å²) in [6.45, 7) is 14.3. The monoisotopic (exact) mass is 892 g/mol. The number of rotatable bonds is 10. The summed E-state index contributed by atoms with van der Waals surface area (Å²) in [6, 6.07) is 6.64. The van der Waals surface area contributed by atoms with Gasteiger partial charge in [0.2, 0.25) is 0 Å². The van der Waals surface area contributed by atoms with Crippen molar-refractivity contribution in [3.05, 3.63) is 36.0 Å². The molecule has 7 N–H and O–H groups in total. The zero-order valence-electron chi connectivity index (χ0n) is 38.9. The molecule has 17 heteroatoms. The first-order valence-corrected chi connectivity index (χ1v) is 22.2. The number of aliphatic hydroxyl groups is 5. The van der Waals surface area contributed by atoms with Crippen LogP contribution in [0.25, 0.3) is 10.9 Å². The average Bonchev–Trinajstić information content (AvgIpc) is 3.70. The number of aromatic nitrogens is 1. The third-order valence-electron chi connectivity index (χ3n) is 14.0. The molecule has 2 aromatic rings. The number of benzene rings is 1. The van der Waals surface area contributed by atoms with E-state index in [9.17, 15) is 39.9 Å². The number of nitrogens with one attached hydrogen (secondary N) is 2. The van der Waals surface area contributed by atoms with Crippen LogP contribution in [0, 0.1) is 23.7 Å². The van der Waals surface area contributed by atoms with E-state index in [4.69, 9.17) is 28.4 Å². The Morgan fingerprint density at radius 3 is 2.27 bits per heavy atom. The second kappa shape index (κ2) is 20.2. The van der Waals surface area contributed by atoms with E-state index in [1.165, 1.54) is 27.9 Å². The van der Waals surface area contributed by atoms with Crippen LogP contribution in [0.2, 0.25) is 0 Å². The van der Waals surface area contributed by atoms with Crippen molar-refractivity contribution >= 4 is 28.6 Å². The quantitative estimate of drug-likeness (QED) is 0.170. The highest BCUT2D eigenvalue weighted by atomic mass is 16.7. The highest BCUT2D eigenvalue weighted by Crippen LogP contribution is 2.41. The van der Waals surface area contributed by atoms with Gasteiger partial charge in [-0.3, -0.25) is 14.4 Å². The molecule has 18 atom stereocenters. The Labute approximate surface area is 371 Å². The van der Waals surface area contributed by atoms with Crippen molar-refractivity contribution in [2.45, 2.75) is 172 Å². The standard InChI is InChI=1S/C46H73N3O14/c1-23-21-44(7,56)40(63-43-36(51)32(49(10)11)19-24(2)59-43)26(4)37(62-34-22-45(8,58-12)39(53)28(6)60-34)27(5)42(55)61-33(46(9,57)38(52)25(3)35(23)50)16-18-48-41(54)30-13-14-31-29(20-30)15-17-47-31/h13-15,17,20,23-28,32-34,36-40,43,47,51-53,56-57H,16,18-19,21-22H2,1-12H3,(H,48,54)/t23-,24-,25+,26+,27-,28+,32+,33-,34+,36-,37+,38-,39+,40-,43+,44-,45-,46-/m1/s1. The molecule has 1 aromatic carbocycles. The Morgan fingerprint density at radius 1 is 0.937 bits per heavy atom. The van der Waals surface area contributed by atoms with Crippen molar-refractivity contribution in [2.24, 2.45) is 23.7 Å². The third kappa shape index (κ3) is 11.1. The number of aliphatic hydroxyl groups excluding tert-OH is 3. The molecule has 3 fully saturated rings. The van der Waals surface area contributed by atoms with Crippen molar-refractivity contribution < 1.29 is 68.3 Å². The number of methoxy groups -OCH3 is 1. The van der Waals surface area contributed by atoms with E-state index in [0.29, 0.717) is 12.0 Å². The summed E-state index contributed by atoms with van der Waals surface area (Å²) in [4.78, 5) is 47.1. The van der Waals surface area contributed by atoms with E-state index >= 15 is 0 Å². The number of cyclic esters (lactones) is 1. The topological polar surface area (TPSA) is 239 Å². The summed E-state index contributed by atoms with van der Waals surface area (Å²) in [5, 5.41) is 62.8. The third-order valence-corrected chi connectivity index (χ3v) is 14.0. The molecule has 1 aromatic heterocycles. The van der Waals surface area contributed by atoms with Crippen LogP contribution >= 0.6 is 0 Å². The Morgan fingerprint density at radius 2 is 1.62 bits per heavy atom. The van der Waals surface area contributed by atoms with Crippen LogP contribution in [-0.2, 0) is 38.0 Å². The maximum absolute atomic E-state index is 14.6. The lowest BCUT2D eigenvalue weighted by Gasteiger charge is -2.49. The molecule has 1 amide bonds. The van der Waals surface area contributed by atoms with Crippen molar-refractivity contribution in [1.29, 1.82) is 0 Å². The summed E-state index contributed by atoms with van der Waals surface area (Å²) in [7, 11) is 5.14. The molecule has 17 nitrogen and oxygen atoms in total. The van der Waals surface area contributed by atoms with E-state index in [1.807, 2.05) is 32.0 Å². The predicted molar refractivity (Wildman–Crippen MR) is 231 cm³/mol. The Kier molecular flexibility index (Phi) is 16.3. The van der Waals surface area contributed by atoms with E-state index in [-0.39, 0.29) is 38.0 Å². The molecule has 63 heavy (non-hydrogen) atoms. The zero-order valence-corrected chi connectivity index (χ0v) is 38.9. The molecule has 3 saturated heterocycles. The smallest absolute Gasteiger partial charge is 0.311 e. The Bertz CT molecular complexity index is 1870. The number of aromatic amines is 1. The number of hydrogen-bond acceptors (Lipinski definition) is 15. The molecular formula is C46H73N3O14. The molecule has 0 spiro atoms. The van der Waals surface area contributed by atoms with E-state index in [2.05, 4.69) is 10.3 Å². The summed E-state index contributed by atoms with van der Waals surface area (Å²) in [6.07, 6.45) is -9.32. The van der Waals surface area contributed by atoms with Gasteiger partial charge in [0.25, 0.3) is 5.91 Å². The molecule has 0 radical (unpaired) electrons. The number of H-pyrrole nitrogens is 1. The molecule has 0 saturated carbocycles. The normalized spacial score (nSPS) is 42.5. The van der Waals surface area contributed by atoms with Crippen LogP contribution in [0.5, 0.6) is 0 Å². The summed E-state index contributed by atoms with van der Waals surface area (Å²) < 4.78 is 37.6. The van der Waals surface area contributed by atoms with Gasteiger partial charge in [0.05, 0.1) is 47.6 Å². The number of Topliss-reactive ketones (excluding diaryl/α,β-unsaturated/α-hetero) is 1. The molecule has 4 heterocycles. The van der Waals surface area contributed by atoms with Crippen LogP contribution in [-0.4, -0.2) is 165 Å². The lowest BCUT2D eigenvalue weighted by atomic mass is 9.74. The lowest BCUT2D eigenvalue weighted by molar-refractivity contribution is -0.318. The van der Waals surface area contributed by atoms with Gasteiger partial charge in [-0.15, -0.1) is 0 Å². The molecule has 0 unspecified atom stereocenters. The van der Waals surface area contributed by atoms with Crippen LogP contribution in [0.4, 0.5) is 0 Å². The Hall–Kier alpha value is -3.07. The number of ketones is 1. The Balaban J connectivity index is 1.54. The van der Waals surface area contributed by atoms with E-state index in [0.717, 1.165) is 10.9 Å². The highest BCUT2D eigenvalue weighted by molar-refractivity contribution is 5.98. The molecule has 356 valence electrons. The van der Waals surface area contributed by atoms with Gasteiger partial charge in [0.15, 0.2) is 12.6 Å². The number of amides is 1. The van der Waals surface area contributed by atoms with Crippen molar-refractivity contribution in [1.82, 2.24) is 15.2 Å². The van der Waals surface area contributed by atoms with Gasteiger partial charge in [-0.2, -0.15) is 0 Å². The minimum Gasteiger partial charge on any atom is -0.459 e. The number of likely N-dealkylation sites (N-methyl/N-ethyl adjacent to an activating group) is 1. The average molecular weight is 892 g/mol. The molecule has 0 bridgehead atoms. The molecule has 3 aliphatic rings. The molecule has 0 aliphatic carbocycles. The van der Waals surface area contributed by atoms with Crippen LogP contribution in [0.15, 0.2) is 30.5 Å². The van der Waals surface area contributed by atoms with Gasteiger partial charge in [0.1, 0.15) is 29.7 Å². The number of ether oxygens (including phenoxy) is 6. The number of nitrogens with zero attached hydrogens (tertiary/aromatic N) is 1. The maximum Gasteiger partial charge on any atom is 0.311 e. The first-order chi connectivity index (χ1) is 29.3. The summed E-state index contributed by atoms with van der Waals surface area (Å²) in [5.41, 5.74) is -3.95. The van der Waals surface area contributed by atoms with E-state index in [1.54, 1.807) is 59.0 Å². The molecule has 3 aliphatic heterocycles. The van der Waals surface area contributed by atoms with Gasteiger partial charge in [0, 0.05) is 73.0 Å². The van der Waals surface area contributed by atoms with Crippen LogP contribution in [0.3, 0.4) is 0 Å². The minimum absolute atomic E-state index is 0.0397. The fourth-order valence-electron chi connectivity index (χ4n) is 9.88. The second-order valence-electron chi connectivity index (χ2n) is 19.4.